The van der Waals surface area contributed by atoms with Crippen LogP contribution in [0.1, 0.15) is 24.8 Å². The van der Waals surface area contributed by atoms with Gasteiger partial charge in [0, 0.05) is 19.2 Å². The predicted molar refractivity (Wildman–Crippen MR) is 106 cm³/mol. The standard InChI is InChI=1S/C18H20N4O4S2/c1-13-5-9-27-17(13)28(24,25)22-8-3-6-18(12-22)10-15(21-26-18)16(23)20-14-4-2-7-19-11-14/h2,4-5,7,9,11H,3,6,8,10,12H2,1H3,(H,20,23). The van der Waals surface area contributed by atoms with Gasteiger partial charge in [-0.15, -0.1) is 11.3 Å². The predicted octanol–water partition coefficient (Wildman–Crippen LogP) is 2.39. The van der Waals surface area contributed by atoms with E-state index in [1.807, 2.05) is 0 Å². The largest absolute Gasteiger partial charge is 0.387 e. The van der Waals surface area contributed by atoms with E-state index in [2.05, 4.69) is 15.5 Å². The highest BCUT2D eigenvalue weighted by Gasteiger charge is 2.47. The summed E-state index contributed by atoms with van der Waals surface area (Å²) in [6, 6.07) is 5.25. The van der Waals surface area contributed by atoms with E-state index in [1.54, 1.807) is 42.9 Å². The maximum Gasteiger partial charge on any atom is 0.273 e. The molecule has 4 rings (SSSR count). The number of thiophene rings is 1. The number of sulfonamides is 1. The van der Waals surface area contributed by atoms with Crippen LogP contribution < -0.4 is 5.32 Å². The molecular formula is C18H20N4O4S2. The maximum absolute atomic E-state index is 13.0. The van der Waals surface area contributed by atoms with E-state index in [0.717, 1.165) is 5.56 Å². The third-order valence-electron chi connectivity index (χ3n) is 4.91. The number of aryl methyl sites for hydroxylation is 1. The lowest BCUT2D eigenvalue weighted by Crippen LogP contribution is -2.50. The molecule has 1 amide bonds. The topological polar surface area (TPSA) is 101 Å². The first-order valence-corrected chi connectivity index (χ1v) is 11.2. The molecule has 10 heteroatoms. The fourth-order valence-corrected chi connectivity index (χ4v) is 6.61. The molecule has 1 unspecified atom stereocenters. The Hall–Kier alpha value is -2.30. The highest BCUT2D eigenvalue weighted by atomic mass is 32.2. The number of carbonyl (C=O) groups excluding carboxylic acids is 1. The molecule has 0 aromatic carbocycles. The number of aromatic nitrogens is 1. The van der Waals surface area contributed by atoms with Gasteiger partial charge in [0.15, 0.2) is 5.60 Å². The summed E-state index contributed by atoms with van der Waals surface area (Å²) in [6.45, 7) is 2.40. The van der Waals surface area contributed by atoms with E-state index in [-0.39, 0.29) is 24.6 Å². The van der Waals surface area contributed by atoms with Crippen LogP contribution in [-0.4, -0.2) is 48.0 Å². The van der Waals surface area contributed by atoms with Gasteiger partial charge in [-0.25, -0.2) is 8.42 Å². The third kappa shape index (κ3) is 3.54. The molecule has 1 fully saturated rings. The van der Waals surface area contributed by atoms with Gasteiger partial charge in [0.1, 0.15) is 9.92 Å². The first kappa shape index (κ1) is 19.0. The van der Waals surface area contributed by atoms with Crippen LogP contribution in [0, 0.1) is 6.92 Å². The fourth-order valence-electron chi connectivity index (χ4n) is 3.50. The van der Waals surface area contributed by atoms with Crippen LogP contribution in [0.4, 0.5) is 5.69 Å². The van der Waals surface area contributed by atoms with Gasteiger partial charge in [-0.05, 0) is 48.9 Å². The van der Waals surface area contributed by atoms with Crippen LogP contribution >= 0.6 is 11.3 Å². The number of oxime groups is 1. The monoisotopic (exact) mass is 420 g/mol. The van der Waals surface area contributed by atoms with Crippen molar-refractivity contribution in [2.24, 2.45) is 5.16 Å². The number of piperidine rings is 1. The Morgan fingerprint density at radius 3 is 2.96 bits per heavy atom. The molecule has 0 aliphatic carbocycles. The number of hydrogen-bond acceptors (Lipinski definition) is 7. The summed E-state index contributed by atoms with van der Waals surface area (Å²) < 4.78 is 27.9. The molecule has 0 radical (unpaired) electrons. The number of anilines is 1. The Bertz CT molecular complexity index is 1020. The molecule has 2 aromatic heterocycles. The summed E-state index contributed by atoms with van der Waals surface area (Å²) in [6.07, 6.45) is 4.73. The Kier molecular flexibility index (Phi) is 4.94. The van der Waals surface area contributed by atoms with Crippen molar-refractivity contribution >= 4 is 38.7 Å². The molecule has 148 valence electrons. The minimum atomic E-state index is -3.59. The first-order chi connectivity index (χ1) is 13.4. The lowest BCUT2D eigenvalue weighted by atomic mass is 9.89. The number of hydrogen-bond donors (Lipinski definition) is 1. The fraction of sp³-hybridized carbons (Fsp3) is 0.389. The molecule has 4 heterocycles. The van der Waals surface area contributed by atoms with Gasteiger partial charge < -0.3 is 10.2 Å². The van der Waals surface area contributed by atoms with Crippen LogP contribution in [0.15, 0.2) is 45.3 Å². The quantitative estimate of drug-likeness (QED) is 0.818. The van der Waals surface area contributed by atoms with Crippen molar-refractivity contribution in [3.8, 4) is 0 Å². The highest BCUT2D eigenvalue weighted by molar-refractivity contribution is 7.91. The summed E-state index contributed by atoms with van der Waals surface area (Å²) in [7, 11) is -3.59. The van der Waals surface area contributed by atoms with Crippen molar-refractivity contribution in [2.45, 2.75) is 36.0 Å². The summed E-state index contributed by atoms with van der Waals surface area (Å²) in [5, 5.41) is 8.48. The lowest BCUT2D eigenvalue weighted by Gasteiger charge is -2.37. The number of carbonyl (C=O) groups is 1. The minimum Gasteiger partial charge on any atom is -0.387 e. The molecule has 2 aliphatic rings. The zero-order chi connectivity index (χ0) is 19.8. The van der Waals surface area contributed by atoms with Crippen LogP contribution in [0.5, 0.6) is 0 Å². The average Bonchev–Trinajstić information content (AvgIpc) is 3.30. The van der Waals surface area contributed by atoms with E-state index in [4.69, 9.17) is 4.84 Å². The second-order valence-corrected chi connectivity index (χ2v) is 10.1. The number of pyridine rings is 1. The summed E-state index contributed by atoms with van der Waals surface area (Å²) in [5.41, 5.74) is 0.773. The van der Waals surface area contributed by atoms with Gasteiger partial charge in [0.25, 0.3) is 15.9 Å². The molecule has 1 saturated heterocycles. The van der Waals surface area contributed by atoms with Gasteiger partial charge in [-0.2, -0.15) is 4.31 Å². The Labute approximate surface area is 167 Å². The van der Waals surface area contributed by atoms with Crippen molar-refractivity contribution < 1.29 is 18.0 Å². The summed E-state index contributed by atoms with van der Waals surface area (Å²) in [5.74, 6) is -0.362. The van der Waals surface area contributed by atoms with E-state index in [0.29, 0.717) is 29.3 Å². The van der Waals surface area contributed by atoms with E-state index in [1.165, 1.54) is 15.6 Å². The molecule has 28 heavy (non-hydrogen) atoms. The number of nitrogens with one attached hydrogen (secondary N) is 1. The normalized spacial score (nSPS) is 22.7. The highest BCUT2D eigenvalue weighted by Crippen LogP contribution is 2.37. The Morgan fingerprint density at radius 1 is 1.39 bits per heavy atom. The molecule has 1 spiro atoms. The second kappa shape index (κ2) is 7.26. The van der Waals surface area contributed by atoms with Crippen LogP contribution in [-0.2, 0) is 19.7 Å². The average molecular weight is 421 g/mol. The van der Waals surface area contributed by atoms with Crippen molar-refractivity contribution in [3.05, 3.63) is 41.5 Å². The zero-order valence-electron chi connectivity index (χ0n) is 15.3. The van der Waals surface area contributed by atoms with E-state index < -0.39 is 15.6 Å². The zero-order valence-corrected chi connectivity index (χ0v) is 16.9. The molecule has 2 aliphatic heterocycles. The van der Waals surface area contributed by atoms with E-state index in [9.17, 15) is 13.2 Å². The molecule has 0 saturated carbocycles. The molecule has 8 nitrogen and oxygen atoms in total. The SMILES string of the molecule is Cc1ccsc1S(=O)(=O)N1CCCC2(CC(C(=O)Nc3cccnc3)=NO2)C1. The van der Waals surface area contributed by atoms with Crippen molar-refractivity contribution in [2.75, 3.05) is 18.4 Å². The van der Waals surface area contributed by atoms with Crippen molar-refractivity contribution in [1.29, 1.82) is 0 Å². The van der Waals surface area contributed by atoms with Gasteiger partial charge in [-0.1, -0.05) is 5.16 Å². The number of amides is 1. The maximum atomic E-state index is 13.0. The minimum absolute atomic E-state index is 0.180. The molecule has 0 bridgehead atoms. The van der Waals surface area contributed by atoms with Gasteiger partial charge >= 0.3 is 0 Å². The lowest BCUT2D eigenvalue weighted by molar-refractivity contribution is -0.110. The second-order valence-electron chi connectivity index (χ2n) is 7.02. The van der Waals surface area contributed by atoms with Gasteiger partial charge in [0.05, 0.1) is 18.4 Å². The molecular weight excluding hydrogens is 400 g/mol. The first-order valence-electron chi connectivity index (χ1n) is 8.90. The Balaban J connectivity index is 1.47. The molecule has 2 aromatic rings. The van der Waals surface area contributed by atoms with Crippen LogP contribution in [0.3, 0.4) is 0 Å². The smallest absolute Gasteiger partial charge is 0.273 e. The van der Waals surface area contributed by atoms with Crippen molar-refractivity contribution in [3.63, 3.8) is 0 Å². The molecule has 1 atom stereocenters. The summed E-state index contributed by atoms with van der Waals surface area (Å²) in [4.78, 5) is 22.1. The molecule has 1 N–H and O–H groups in total. The van der Waals surface area contributed by atoms with Crippen molar-refractivity contribution in [1.82, 2.24) is 9.29 Å². The number of nitrogens with zero attached hydrogens (tertiary/aromatic N) is 3. The van der Waals surface area contributed by atoms with E-state index >= 15 is 0 Å². The van der Waals surface area contributed by atoms with Gasteiger partial charge in [-0.3, -0.25) is 9.78 Å². The Morgan fingerprint density at radius 2 is 2.25 bits per heavy atom. The number of rotatable bonds is 4. The summed E-state index contributed by atoms with van der Waals surface area (Å²) >= 11 is 1.22. The van der Waals surface area contributed by atoms with Crippen LogP contribution in [0.2, 0.25) is 0 Å². The van der Waals surface area contributed by atoms with Crippen LogP contribution in [0.25, 0.3) is 0 Å². The third-order valence-corrected chi connectivity index (χ3v) is 8.43. The van der Waals surface area contributed by atoms with Gasteiger partial charge in [0.2, 0.25) is 0 Å².